The molecule has 0 aliphatic heterocycles. The quantitative estimate of drug-likeness (QED) is 0.145. The molecule has 14 rings (SSSR count). The van der Waals surface area contributed by atoms with Crippen LogP contribution in [0.3, 0.4) is 0 Å². The smallest absolute Gasteiger partial charge is 0.136 e. The lowest BCUT2D eigenvalue weighted by molar-refractivity contribution is 0.669. The summed E-state index contributed by atoms with van der Waals surface area (Å²) in [6.07, 6.45) is 0.817. The zero-order valence-corrected chi connectivity index (χ0v) is 42.1. The molecular weight excluding hydrogens is 923 g/mol. The number of benzene rings is 11. The highest BCUT2D eigenvalue weighted by atomic mass is 16.3. The Hall–Kier alpha value is -9.77. The lowest BCUT2D eigenvalue weighted by atomic mass is 9.75. The second-order valence-electron chi connectivity index (χ2n) is 19.8. The van der Waals surface area contributed by atoms with E-state index in [1.165, 1.54) is 38.9 Å². The summed E-state index contributed by atoms with van der Waals surface area (Å²) in [5, 5.41) is 17.6. The Morgan fingerprint density at radius 1 is 0.329 bits per heavy atom. The van der Waals surface area contributed by atoms with E-state index in [4.69, 9.17) is 19.8 Å². The molecule has 2 aromatic heterocycles. The van der Waals surface area contributed by atoms with E-state index >= 15 is 0 Å². The summed E-state index contributed by atoms with van der Waals surface area (Å²) in [6.45, 7) is 4.58. The van der Waals surface area contributed by atoms with Gasteiger partial charge in [0.25, 0.3) is 0 Å². The van der Waals surface area contributed by atoms with Crippen molar-refractivity contribution in [2.75, 3.05) is 0 Å². The van der Waals surface area contributed by atoms with Crippen molar-refractivity contribution in [3.05, 3.63) is 271 Å². The molecule has 11 aromatic carbocycles. The van der Waals surface area contributed by atoms with Gasteiger partial charge in [0.05, 0.1) is 0 Å². The molecule has 0 fully saturated rings. The van der Waals surface area contributed by atoms with Gasteiger partial charge in [-0.3, -0.25) is 0 Å². The van der Waals surface area contributed by atoms with Crippen LogP contribution in [0.25, 0.3) is 133 Å². The molecule has 0 bridgehead atoms. The lowest BCUT2D eigenvalue weighted by Crippen LogP contribution is -2.06. The first-order valence-electron chi connectivity index (χ1n) is 26.1. The molecule has 0 saturated heterocycles. The fourth-order valence-corrected chi connectivity index (χ4v) is 12.1. The maximum absolute atomic E-state index is 6.90. The first-order valence-corrected chi connectivity index (χ1v) is 26.1. The fourth-order valence-electron chi connectivity index (χ4n) is 12.1. The average Bonchev–Trinajstić information content (AvgIpc) is 4.17. The van der Waals surface area contributed by atoms with Crippen molar-refractivity contribution in [1.29, 1.82) is 0 Å². The van der Waals surface area contributed by atoms with Gasteiger partial charge in [0.2, 0.25) is 0 Å². The van der Waals surface area contributed by atoms with Gasteiger partial charge in [-0.15, -0.1) is 10.2 Å². The maximum atomic E-state index is 6.90. The zero-order chi connectivity index (χ0) is 50.7. The molecule has 4 nitrogen and oxygen atoms in total. The van der Waals surface area contributed by atoms with Crippen molar-refractivity contribution in [3.8, 4) is 112 Å². The van der Waals surface area contributed by atoms with E-state index < -0.39 is 0 Å². The van der Waals surface area contributed by atoms with Gasteiger partial charge in [0, 0.05) is 38.6 Å². The molecule has 0 radical (unpaired) electrons. The van der Waals surface area contributed by atoms with Crippen LogP contribution in [-0.2, 0) is 6.42 Å². The molecule has 0 saturated carbocycles. The number of aromatic nitrogens is 3. The van der Waals surface area contributed by atoms with E-state index in [0.717, 1.165) is 123 Å². The minimum atomic E-state index is 0.723. The minimum absolute atomic E-state index is 0.723. The van der Waals surface area contributed by atoms with Gasteiger partial charge in [0.15, 0.2) is 0 Å². The van der Waals surface area contributed by atoms with Gasteiger partial charge in [-0.05, 0) is 138 Å². The molecule has 0 amide bonds. The fraction of sp³-hybridized carbons (Fsp3) is 0.0417. The molecular formula is C72H49N3O. The number of furan rings is 1. The monoisotopic (exact) mass is 971 g/mol. The summed E-state index contributed by atoms with van der Waals surface area (Å²) in [5.41, 5.74) is 27.6. The molecule has 1 aliphatic rings. The van der Waals surface area contributed by atoms with Crippen LogP contribution in [0.15, 0.2) is 253 Å². The third kappa shape index (κ3) is 7.40. The van der Waals surface area contributed by atoms with Gasteiger partial charge in [-0.25, -0.2) is 0 Å². The number of hydrogen-bond acceptors (Lipinski definition) is 4. The molecule has 0 atom stereocenters. The van der Waals surface area contributed by atoms with Gasteiger partial charge in [0.1, 0.15) is 22.6 Å². The number of fused-ring (bicyclic) bond motifs is 6. The van der Waals surface area contributed by atoms with E-state index in [2.05, 4.69) is 263 Å². The molecule has 13 aromatic rings. The van der Waals surface area contributed by atoms with Crippen LogP contribution < -0.4 is 0 Å². The van der Waals surface area contributed by atoms with Crippen LogP contribution in [0.4, 0.5) is 0 Å². The third-order valence-electron chi connectivity index (χ3n) is 15.6. The molecule has 0 unspecified atom stereocenters. The Balaban J connectivity index is 1.26. The first kappa shape index (κ1) is 44.9. The summed E-state index contributed by atoms with van der Waals surface area (Å²) < 4.78 is 6.90. The van der Waals surface area contributed by atoms with E-state index in [-0.39, 0.29) is 0 Å². The van der Waals surface area contributed by atoms with Crippen LogP contribution in [0, 0.1) is 13.8 Å². The predicted octanol–water partition coefficient (Wildman–Crippen LogP) is 19.0. The van der Waals surface area contributed by atoms with Crippen molar-refractivity contribution in [1.82, 2.24) is 15.4 Å². The SMILES string of the molecule is Cc1cc2c(c(-c3cc(-c4ccccc4)c(-c4c(-c5ccccc5)ccc5oc6ccccc6c45)c(-c4nnnc(-c5ccccc5-c5ccccc5)c4-c4ccccc4)c3-c3ccccc3)c1C)Cc1ccccc1-2. The highest BCUT2D eigenvalue weighted by Crippen LogP contribution is 2.58. The van der Waals surface area contributed by atoms with Crippen LogP contribution in [0.2, 0.25) is 0 Å². The van der Waals surface area contributed by atoms with Gasteiger partial charge in [-0.1, -0.05) is 231 Å². The van der Waals surface area contributed by atoms with Crippen LogP contribution in [0.5, 0.6) is 0 Å². The van der Waals surface area contributed by atoms with E-state index in [9.17, 15) is 0 Å². The number of hydrogen-bond donors (Lipinski definition) is 0. The van der Waals surface area contributed by atoms with Crippen LogP contribution in [0.1, 0.15) is 22.3 Å². The Labute approximate surface area is 442 Å². The Morgan fingerprint density at radius 3 is 1.53 bits per heavy atom. The predicted molar refractivity (Wildman–Crippen MR) is 314 cm³/mol. The molecule has 0 spiro atoms. The molecule has 358 valence electrons. The lowest BCUT2D eigenvalue weighted by Gasteiger charge is -2.28. The van der Waals surface area contributed by atoms with Gasteiger partial charge >= 0.3 is 0 Å². The van der Waals surface area contributed by atoms with Crippen molar-refractivity contribution < 1.29 is 4.42 Å². The number of nitrogens with zero attached hydrogens (tertiary/aromatic N) is 3. The first-order chi connectivity index (χ1) is 37.6. The molecule has 2 heterocycles. The van der Waals surface area contributed by atoms with E-state index in [1.807, 2.05) is 0 Å². The topological polar surface area (TPSA) is 51.8 Å². The largest absolute Gasteiger partial charge is 0.456 e. The standard InChI is InChI=1S/C72H49N3O/c1-45-42-59-54-36-19-18-34-52(54)43-60(59)64(46(45)2)61-44-58(49-28-12-5-13-29-49)69(68-55(48-26-10-4-11-27-48)40-41-63-67(68)57-38-22-23-39-62(57)76-63)70(65(61)50-30-14-6-15-31-50)72-66(51-32-16-7-17-33-51)71(73-75-74-72)56-37-21-20-35-53(56)47-24-8-3-9-25-47/h3-42,44H,43H2,1-2H3. The summed E-state index contributed by atoms with van der Waals surface area (Å²) in [7, 11) is 0. The zero-order valence-electron chi connectivity index (χ0n) is 42.1. The molecule has 1 aliphatic carbocycles. The number of para-hydroxylation sites is 1. The van der Waals surface area contributed by atoms with Crippen molar-refractivity contribution in [3.63, 3.8) is 0 Å². The minimum Gasteiger partial charge on any atom is -0.456 e. The molecule has 76 heavy (non-hydrogen) atoms. The van der Waals surface area contributed by atoms with E-state index in [1.54, 1.807) is 0 Å². The highest BCUT2D eigenvalue weighted by molar-refractivity contribution is 6.22. The number of aryl methyl sites for hydroxylation is 1. The van der Waals surface area contributed by atoms with Crippen LogP contribution >= 0.6 is 0 Å². The van der Waals surface area contributed by atoms with Crippen molar-refractivity contribution in [2.24, 2.45) is 0 Å². The second kappa shape index (κ2) is 18.6. The van der Waals surface area contributed by atoms with Crippen molar-refractivity contribution in [2.45, 2.75) is 20.3 Å². The number of rotatable bonds is 9. The maximum Gasteiger partial charge on any atom is 0.136 e. The van der Waals surface area contributed by atoms with Gasteiger partial charge in [-0.2, -0.15) is 0 Å². The Bertz CT molecular complexity index is 4360. The summed E-state index contributed by atoms with van der Waals surface area (Å²) in [5.74, 6) is 0. The molecule has 0 N–H and O–H groups in total. The third-order valence-corrected chi connectivity index (χ3v) is 15.6. The summed E-state index contributed by atoms with van der Waals surface area (Å²) >= 11 is 0. The van der Waals surface area contributed by atoms with Gasteiger partial charge < -0.3 is 4.42 Å². The summed E-state index contributed by atoms with van der Waals surface area (Å²) in [6, 6.07) is 89.2. The summed E-state index contributed by atoms with van der Waals surface area (Å²) in [4.78, 5) is 0. The normalized spacial score (nSPS) is 11.8. The molecule has 4 heteroatoms. The average molecular weight is 972 g/mol. The second-order valence-corrected chi connectivity index (χ2v) is 19.8. The Morgan fingerprint density at radius 2 is 0.855 bits per heavy atom. The Kier molecular flexibility index (Phi) is 11.0. The van der Waals surface area contributed by atoms with E-state index in [0.29, 0.717) is 0 Å². The van der Waals surface area contributed by atoms with Crippen molar-refractivity contribution >= 4 is 21.9 Å². The van der Waals surface area contributed by atoms with Crippen LogP contribution in [-0.4, -0.2) is 15.4 Å². The highest BCUT2D eigenvalue weighted by Gasteiger charge is 2.34.